The summed E-state index contributed by atoms with van der Waals surface area (Å²) in [7, 11) is 0. The van der Waals surface area contributed by atoms with Crippen LogP contribution in [0.3, 0.4) is 0 Å². The number of rotatable bonds is 0. The Kier molecular flexibility index (Phi) is 3.34. The van der Waals surface area contributed by atoms with E-state index in [1.54, 1.807) is 0 Å². The quantitative estimate of drug-likeness (QED) is 0.627. The topological polar surface area (TPSA) is 114 Å². The van der Waals surface area contributed by atoms with E-state index in [2.05, 4.69) is 15.6 Å². The Hall–Kier alpha value is -3.22. The van der Waals surface area contributed by atoms with Crippen LogP contribution < -0.4 is 16.4 Å². The first kappa shape index (κ1) is 17.8. The largest absolute Gasteiger partial charge is 0.387 e. The highest BCUT2D eigenvalue weighted by Crippen LogP contribution is 2.56. The van der Waals surface area contributed by atoms with E-state index in [1.165, 1.54) is 0 Å². The van der Waals surface area contributed by atoms with Crippen LogP contribution >= 0.6 is 0 Å². The highest BCUT2D eigenvalue weighted by atomic mass is 16.2. The number of hydrogen-bond acceptors (Lipinski definition) is 6. The number of hydrogen-bond donors (Lipinski definition) is 3. The molecule has 3 heterocycles. The Balaban J connectivity index is 1.90. The number of aliphatic imine (C=N–C) groups is 1. The first-order chi connectivity index (χ1) is 13.6. The average molecular weight is 390 g/mol. The molecular formula is C22H22N4O3. The van der Waals surface area contributed by atoms with Gasteiger partial charge in [0.05, 0.1) is 12.0 Å². The zero-order valence-corrected chi connectivity index (χ0v) is 16.6. The van der Waals surface area contributed by atoms with Crippen molar-refractivity contribution >= 4 is 29.0 Å². The van der Waals surface area contributed by atoms with Crippen molar-refractivity contribution < 1.29 is 14.4 Å². The number of carbonyl (C=O) groups is 3. The van der Waals surface area contributed by atoms with Gasteiger partial charge in [-0.2, -0.15) is 0 Å². The number of amides is 1. The number of nitrogens with one attached hydrogen (secondary N) is 2. The Morgan fingerprint density at radius 3 is 2.55 bits per heavy atom. The summed E-state index contributed by atoms with van der Waals surface area (Å²) in [4.78, 5) is 44.6. The Bertz CT molecular complexity index is 1140. The highest BCUT2D eigenvalue weighted by Gasteiger charge is 2.61. The minimum Gasteiger partial charge on any atom is -0.387 e. The zero-order valence-electron chi connectivity index (χ0n) is 16.6. The van der Waals surface area contributed by atoms with Gasteiger partial charge in [-0.05, 0) is 24.8 Å². The number of dihydropyridines is 1. The Morgan fingerprint density at radius 1 is 1.03 bits per heavy atom. The van der Waals surface area contributed by atoms with Crippen LogP contribution in [0.4, 0.5) is 5.69 Å². The van der Waals surface area contributed by atoms with E-state index in [4.69, 9.17) is 5.73 Å². The van der Waals surface area contributed by atoms with Crippen molar-refractivity contribution in [3.8, 4) is 0 Å². The molecule has 1 spiro atoms. The zero-order chi connectivity index (χ0) is 20.7. The van der Waals surface area contributed by atoms with E-state index in [-0.39, 0.29) is 46.5 Å². The lowest BCUT2D eigenvalue weighted by Gasteiger charge is -2.44. The molecule has 1 atom stereocenters. The summed E-state index contributed by atoms with van der Waals surface area (Å²) in [6.45, 7) is 5.96. The molecule has 5 rings (SSSR count). The number of amidine groups is 1. The molecule has 0 saturated heterocycles. The second-order valence-electron chi connectivity index (χ2n) is 9.10. The number of ketones is 2. The van der Waals surface area contributed by atoms with Crippen molar-refractivity contribution in [3.63, 3.8) is 0 Å². The summed E-state index contributed by atoms with van der Waals surface area (Å²) in [6, 6.07) is 5.60. The smallest absolute Gasteiger partial charge is 0.244 e. The molecular weight excluding hydrogens is 368 g/mol. The molecule has 148 valence electrons. The van der Waals surface area contributed by atoms with Gasteiger partial charge in [0.25, 0.3) is 0 Å². The standard InChI is InChI=1S/C22H22N4O3/c1-10-4-5-12-11(6-10)22(20(29)25-12)17-13(8-21(2,3)9-15(17)28)24-19-18(22)14(27)7-16(23)26-19/h4-6,24H,7-9H2,1-3H3,(H2,23,26)(H,25,29). The Labute approximate surface area is 168 Å². The summed E-state index contributed by atoms with van der Waals surface area (Å²) in [5.41, 5.74) is 7.60. The summed E-state index contributed by atoms with van der Waals surface area (Å²) >= 11 is 0. The van der Waals surface area contributed by atoms with Gasteiger partial charge in [0.15, 0.2) is 11.6 Å². The molecule has 7 nitrogen and oxygen atoms in total. The van der Waals surface area contributed by atoms with E-state index < -0.39 is 5.41 Å². The lowest BCUT2D eigenvalue weighted by molar-refractivity contribution is -0.125. The maximum atomic E-state index is 13.6. The molecule has 29 heavy (non-hydrogen) atoms. The molecule has 0 fully saturated rings. The van der Waals surface area contributed by atoms with Crippen LogP contribution in [0.5, 0.6) is 0 Å². The minimum absolute atomic E-state index is 0.0704. The van der Waals surface area contributed by atoms with Gasteiger partial charge in [-0.3, -0.25) is 14.4 Å². The van der Waals surface area contributed by atoms with Gasteiger partial charge in [-0.15, -0.1) is 0 Å². The molecule has 4 N–H and O–H groups in total. The number of aryl methyl sites for hydroxylation is 1. The van der Waals surface area contributed by atoms with Gasteiger partial charge < -0.3 is 16.4 Å². The predicted octanol–water partition coefficient (Wildman–Crippen LogP) is 1.97. The van der Waals surface area contributed by atoms with Gasteiger partial charge >= 0.3 is 0 Å². The molecule has 4 aliphatic rings. The number of allylic oxidation sites excluding steroid dienone is 1. The lowest BCUT2D eigenvalue weighted by atomic mass is 9.59. The van der Waals surface area contributed by atoms with Crippen LogP contribution in [-0.4, -0.2) is 23.3 Å². The maximum Gasteiger partial charge on any atom is 0.244 e. The number of fused-ring (bicyclic) bond motifs is 4. The number of Topliss-reactive ketones (excluding diaryl/α,β-unsaturated/α-hetero) is 2. The minimum atomic E-state index is -1.48. The second kappa shape index (κ2) is 5.43. The number of nitrogens with zero attached hydrogens (tertiary/aromatic N) is 1. The molecule has 1 aromatic carbocycles. The molecule has 0 aromatic heterocycles. The molecule has 1 aliphatic carbocycles. The molecule has 0 bridgehead atoms. The van der Waals surface area contributed by atoms with Crippen LogP contribution in [0.25, 0.3) is 0 Å². The molecule has 1 amide bonds. The van der Waals surface area contributed by atoms with Crippen LogP contribution in [0, 0.1) is 12.3 Å². The van der Waals surface area contributed by atoms with Crippen LogP contribution in [0.15, 0.2) is 45.9 Å². The normalized spacial score (nSPS) is 27.3. The van der Waals surface area contributed by atoms with E-state index in [1.807, 2.05) is 39.0 Å². The van der Waals surface area contributed by atoms with Gasteiger partial charge in [0, 0.05) is 28.9 Å². The summed E-state index contributed by atoms with van der Waals surface area (Å²) in [5, 5.41) is 6.10. The number of nitrogens with two attached hydrogens (primary N) is 1. The fourth-order valence-electron chi connectivity index (χ4n) is 5.14. The van der Waals surface area contributed by atoms with Crippen molar-refractivity contribution in [2.24, 2.45) is 16.1 Å². The van der Waals surface area contributed by atoms with Crippen molar-refractivity contribution in [3.05, 3.63) is 52.0 Å². The van der Waals surface area contributed by atoms with Gasteiger partial charge in [-0.25, -0.2) is 4.99 Å². The van der Waals surface area contributed by atoms with Gasteiger partial charge in [0.1, 0.15) is 17.1 Å². The third-order valence-electron chi connectivity index (χ3n) is 6.17. The monoisotopic (exact) mass is 390 g/mol. The molecule has 0 saturated carbocycles. The van der Waals surface area contributed by atoms with Crippen molar-refractivity contribution in [1.82, 2.24) is 5.32 Å². The van der Waals surface area contributed by atoms with E-state index in [9.17, 15) is 14.4 Å². The van der Waals surface area contributed by atoms with E-state index in [0.29, 0.717) is 35.4 Å². The first-order valence-corrected chi connectivity index (χ1v) is 9.71. The summed E-state index contributed by atoms with van der Waals surface area (Å²) < 4.78 is 0. The molecule has 7 heteroatoms. The third-order valence-corrected chi connectivity index (χ3v) is 6.17. The second-order valence-corrected chi connectivity index (χ2v) is 9.10. The van der Waals surface area contributed by atoms with Crippen LogP contribution in [-0.2, 0) is 19.8 Å². The number of carbonyl (C=O) groups excluding carboxylic acids is 3. The molecule has 3 aliphatic heterocycles. The highest BCUT2D eigenvalue weighted by molar-refractivity contribution is 6.26. The SMILES string of the molecule is Cc1ccc2c(c1)C1(C(=O)N2)C2=C(CC(C)(C)CC2=O)NC2=C1C(=O)CC(N)=N2. The molecule has 1 aromatic rings. The molecule has 1 unspecified atom stereocenters. The van der Waals surface area contributed by atoms with Gasteiger partial charge in [0.2, 0.25) is 5.91 Å². The average Bonchev–Trinajstić information content (AvgIpc) is 2.85. The van der Waals surface area contributed by atoms with Gasteiger partial charge in [-0.1, -0.05) is 31.5 Å². The number of anilines is 1. The third kappa shape index (κ3) is 2.24. The van der Waals surface area contributed by atoms with Crippen molar-refractivity contribution in [1.29, 1.82) is 0 Å². The fourth-order valence-corrected chi connectivity index (χ4v) is 5.14. The van der Waals surface area contributed by atoms with E-state index in [0.717, 1.165) is 5.56 Å². The molecule has 0 radical (unpaired) electrons. The van der Waals surface area contributed by atoms with Crippen LogP contribution in [0.1, 0.15) is 44.2 Å². The maximum absolute atomic E-state index is 13.6. The van der Waals surface area contributed by atoms with Crippen LogP contribution in [0.2, 0.25) is 0 Å². The summed E-state index contributed by atoms with van der Waals surface area (Å²) in [6.07, 6.45) is 0.815. The fraction of sp³-hybridized carbons (Fsp3) is 0.364. The first-order valence-electron chi connectivity index (χ1n) is 9.71. The predicted molar refractivity (Wildman–Crippen MR) is 108 cm³/mol. The summed E-state index contributed by atoms with van der Waals surface area (Å²) in [5.74, 6) is -0.294. The lowest BCUT2D eigenvalue weighted by Crippen LogP contribution is -2.53. The van der Waals surface area contributed by atoms with Crippen molar-refractivity contribution in [2.45, 2.75) is 45.4 Å². The van der Waals surface area contributed by atoms with Crippen molar-refractivity contribution in [2.75, 3.05) is 5.32 Å². The number of benzene rings is 1. The van der Waals surface area contributed by atoms with E-state index >= 15 is 0 Å². The Morgan fingerprint density at radius 2 is 1.79 bits per heavy atom.